The molecule has 1 saturated heterocycles. The molecule has 0 radical (unpaired) electrons. The molecule has 0 atom stereocenters. The Kier molecular flexibility index (Phi) is 5.44. The third-order valence-corrected chi connectivity index (χ3v) is 5.85. The van der Waals surface area contributed by atoms with E-state index in [0.717, 1.165) is 43.7 Å². The molecule has 0 aliphatic carbocycles. The number of aromatic nitrogens is 2. The molecular weight excluding hydrogens is 348 g/mol. The highest BCUT2D eigenvalue weighted by atomic mass is 16.2. The Bertz CT molecular complexity index is 970. The summed E-state index contributed by atoms with van der Waals surface area (Å²) in [7, 11) is 0. The second-order valence-electron chi connectivity index (χ2n) is 7.95. The van der Waals surface area contributed by atoms with Crippen molar-refractivity contribution < 1.29 is 4.79 Å². The lowest BCUT2D eigenvalue weighted by atomic mass is 9.96. The van der Waals surface area contributed by atoms with Crippen molar-refractivity contribution in [3.05, 3.63) is 59.9 Å². The highest BCUT2D eigenvalue weighted by molar-refractivity contribution is 5.92. The van der Waals surface area contributed by atoms with Crippen molar-refractivity contribution in [2.45, 2.75) is 33.2 Å². The zero-order chi connectivity index (χ0) is 19.5. The lowest BCUT2D eigenvalue weighted by Gasteiger charge is -2.31. The molecule has 0 saturated carbocycles. The van der Waals surface area contributed by atoms with Gasteiger partial charge >= 0.3 is 0 Å². The Morgan fingerprint density at radius 3 is 2.68 bits per heavy atom. The molecular formula is C23H28N4O. The summed E-state index contributed by atoms with van der Waals surface area (Å²) in [5.41, 5.74) is 5.59. The number of fused-ring (bicyclic) bond motifs is 1. The molecule has 0 spiro atoms. The fourth-order valence-electron chi connectivity index (χ4n) is 3.98. The molecule has 1 aliphatic heterocycles. The smallest absolute Gasteiger partial charge is 0.238 e. The molecule has 5 nitrogen and oxygen atoms in total. The van der Waals surface area contributed by atoms with E-state index in [4.69, 9.17) is 0 Å². The van der Waals surface area contributed by atoms with E-state index in [1.54, 1.807) is 0 Å². The molecule has 2 heterocycles. The van der Waals surface area contributed by atoms with E-state index in [2.05, 4.69) is 57.9 Å². The van der Waals surface area contributed by atoms with Crippen molar-refractivity contribution in [1.82, 2.24) is 14.5 Å². The molecule has 1 aromatic heterocycles. The summed E-state index contributed by atoms with van der Waals surface area (Å²) in [4.78, 5) is 19.1. The summed E-state index contributed by atoms with van der Waals surface area (Å²) in [5, 5.41) is 3.03. The fourth-order valence-corrected chi connectivity index (χ4v) is 3.98. The number of benzene rings is 2. The van der Waals surface area contributed by atoms with Crippen LogP contribution in [0, 0.1) is 19.8 Å². The topological polar surface area (TPSA) is 50.2 Å². The minimum absolute atomic E-state index is 0.0716. The van der Waals surface area contributed by atoms with Gasteiger partial charge in [0.15, 0.2) is 0 Å². The van der Waals surface area contributed by atoms with Gasteiger partial charge in [0.1, 0.15) is 0 Å². The Morgan fingerprint density at radius 1 is 1.11 bits per heavy atom. The molecule has 0 unspecified atom stereocenters. The predicted octanol–water partition coefficient (Wildman–Crippen LogP) is 4.00. The number of nitrogens with one attached hydrogen (secondary N) is 1. The van der Waals surface area contributed by atoms with E-state index in [0.29, 0.717) is 12.5 Å². The Labute approximate surface area is 166 Å². The van der Waals surface area contributed by atoms with Crippen molar-refractivity contribution in [3.63, 3.8) is 0 Å². The van der Waals surface area contributed by atoms with Crippen LogP contribution in [0.4, 0.5) is 5.69 Å². The number of nitrogens with zero attached hydrogens (tertiary/aromatic N) is 3. The normalized spacial score (nSPS) is 15.8. The minimum atomic E-state index is 0.0716. The first kappa shape index (κ1) is 18.7. The Balaban J connectivity index is 1.27. The number of hydrogen-bond donors (Lipinski definition) is 1. The highest BCUT2D eigenvalue weighted by Crippen LogP contribution is 2.22. The summed E-state index contributed by atoms with van der Waals surface area (Å²) in [5.74, 6) is 0.707. The molecule has 0 bridgehead atoms. The molecule has 1 N–H and O–H groups in total. The van der Waals surface area contributed by atoms with Crippen molar-refractivity contribution in [2.24, 2.45) is 5.92 Å². The van der Waals surface area contributed by atoms with Gasteiger partial charge in [-0.25, -0.2) is 4.98 Å². The van der Waals surface area contributed by atoms with Gasteiger partial charge in [0.05, 0.1) is 23.9 Å². The maximum absolute atomic E-state index is 12.4. The van der Waals surface area contributed by atoms with Crippen LogP contribution in [0.25, 0.3) is 11.0 Å². The number of amides is 1. The van der Waals surface area contributed by atoms with Gasteiger partial charge in [-0.2, -0.15) is 0 Å². The van der Waals surface area contributed by atoms with Crippen LogP contribution in [0.5, 0.6) is 0 Å². The van der Waals surface area contributed by atoms with Crippen LogP contribution >= 0.6 is 0 Å². The Morgan fingerprint density at radius 2 is 1.89 bits per heavy atom. The lowest BCUT2D eigenvalue weighted by molar-refractivity contribution is -0.117. The summed E-state index contributed by atoms with van der Waals surface area (Å²) < 4.78 is 2.27. The predicted molar refractivity (Wildman–Crippen MR) is 113 cm³/mol. The summed E-state index contributed by atoms with van der Waals surface area (Å²) in [6.45, 7) is 7.56. The minimum Gasteiger partial charge on any atom is -0.330 e. The van der Waals surface area contributed by atoms with Crippen LogP contribution in [-0.4, -0.2) is 40.0 Å². The van der Waals surface area contributed by atoms with Gasteiger partial charge in [0.2, 0.25) is 5.91 Å². The SMILES string of the molecule is Cc1ccc(NC(=O)CN2CCC(Cn3cnc4ccccc43)CC2)cc1C. The Hall–Kier alpha value is -2.66. The second-order valence-corrected chi connectivity index (χ2v) is 7.95. The lowest BCUT2D eigenvalue weighted by Crippen LogP contribution is -2.39. The average molecular weight is 377 g/mol. The molecule has 1 amide bonds. The van der Waals surface area contributed by atoms with Crippen LogP contribution < -0.4 is 5.32 Å². The number of anilines is 1. The molecule has 2 aromatic carbocycles. The summed E-state index contributed by atoms with van der Waals surface area (Å²) in [6.07, 6.45) is 4.18. The number of carbonyl (C=O) groups excluding carboxylic acids is 1. The molecule has 3 aromatic rings. The maximum atomic E-state index is 12.4. The maximum Gasteiger partial charge on any atom is 0.238 e. The van der Waals surface area contributed by atoms with Gasteiger partial charge in [0.25, 0.3) is 0 Å². The average Bonchev–Trinajstić information content (AvgIpc) is 3.09. The van der Waals surface area contributed by atoms with Gasteiger partial charge < -0.3 is 9.88 Å². The number of likely N-dealkylation sites (tertiary alicyclic amines) is 1. The summed E-state index contributed by atoms with van der Waals surface area (Å²) >= 11 is 0. The van der Waals surface area contributed by atoms with E-state index in [9.17, 15) is 4.79 Å². The molecule has 146 valence electrons. The van der Waals surface area contributed by atoms with Gasteiger partial charge in [-0.15, -0.1) is 0 Å². The standard InChI is InChI=1S/C23H28N4O/c1-17-7-8-20(13-18(17)2)25-23(28)15-26-11-9-19(10-12-26)14-27-16-24-21-5-3-4-6-22(21)27/h3-8,13,16,19H,9-12,14-15H2,1-2H3,(H,25,28). The third kappa shape index (κ3) is 4.25. The quantitative estimate of drug-likeness (QED) is 0.732. The monoisotopic (exact) mass is 376 g/mol. The van der Waals surface area contributed by atoms with Crippen LogP contribution in [0.1, 0.15) is 24.0 Å². The summed E-state index contributed by atoms with van der Waals surface area (Å²) in [6, 6.07) is 14.3. The van der Waals surface area contributed by atoms with E-state index in [1.165, 1.54) is 16.6 Å². The van der Waals surface area contributed by atoms with Crippen molar-refractivity contribution >= 4 is 22.6 Å². The van der Waals surface area contributed by atoms with Crippen molar-refractivity contribution in [2.75, 3.05) is 25.0 Å². The molecule has 5 heteroatoms. The third-order valence-electron chi connectivity index (χ3n) is 5.85. The number of imidazole rings is 1. The molecule has 1 fully saturated rings. The van der Waals surface area contributed by atoms with Crippen LogP contribution in [0.15, 0.2) is 48.8 Å². The van der Waals surface area contributed by atoms with Gasteiger partial charge in [0, 0.05) is 12.2 Å². The van der Waals surface area contributed by atoms with E-state index in [1.807, 2.05) is 24.5 Å². The van der Waals surface area contributed by atoms with Crippen molar-refractivity contribution in [3.8, 4) is 0 Å². The fraction of sp³-hybridized carbons (Fsp3) is 0.391. The highest BCUT2D eigenvalue weighted by Gasteiger charge is 2.21. The number of aryl methyl sites for hydroxylation is 2. The van der Waals surface area contributed by atoms with E-state index in [-0.39, 0.29) is 5.91 Å². The molecule has 28 heavy (non-hydrogen) atoms. The first-order valence-corrected chi connectivity index (χ1v) is 10.1. The number of para-hydroxylation sites is 2. The van der Waals surface area contributed by atoms with Crippen molar-refractivity contribution in [1.29, 1.82) is 0 Å². The first-order chi connectivity index (χ1) is 13.6. The largest absolute Gasteiger partial charge is 0.330 e. The van der Waals surface area contributed by atoms with E-state index < -0.39 is 0 Å². The van der Waals surface area contributed by atoms with Crippen LogP contribution in [0.2, 0.25) is 0 Å². The molecule has 4 rings (SSSR count). The zero-order valence-corrected chi connectivity index (χ0v) is 16.7. The number of rotatable bonds is 5. The van der Waals surface area contributed by atoms with Crippen LogP contribution in [-0.2, 0) is 11.3 Å². The zero-order valence-electron chi connectivity index (χ0n) is 16.7. The number of hydrogen-bond acceptors (Lipinski definition) is 3. The second kappa shape index (κ2) is 8.15. The molecule has 1 aliphatic rings. The van der Waals surface area contributed by atoms with Gasteiger partial charge in [-0.1, -0.05) is 18.2 Å². The van der Waals surface area contributed by atoms with E-state index >= 15 is 0 Å². The van der Waals surface area contributed by atoms with Gasteiger partial charge in [-0.3, -0.25) is 9.69 Å². The number of piperidine rings is 1. The van der Waals surface area contributed by atoms with Crippen LogP contribution in [0.3, 0.4) is 0 Å². The first-order valence-electron chi connectivity index (χ1n) is 10.1. The van der Waals surface area contributed by atoms with Gasteiger partial charge in [-0.05, 0) is 81.1 Å². The number of carbonyl (C=O) groups is 1.